The molecular weight excluding hydrogens is 234 g/mol. The van der Waals surface area contributed by atoms with E-state index in [1.54, 1.807) is 24.3 Å². The van der Waals surface area contributed by atoms with Crippen molar-refractivity contribution in [1.82, 2.24) is 0 Å². The van der Waals surface area contributed by atoms with Crippen LogP contribution in [0.15, 0.2) is 48.5 Å². The lowest BCUT2D eigenvalue weighted by atomic mass is 10.0. The first kappa shape index (κ1) is 12.7. The second-order valence-corrected chi connectivity index (χ2v) is 4.32. The van der Waals surface area contributed by atoms with Crippen LogP contribution in [-0.4, -0.2) is 11.2 Å². The fourth-order valence-corrected chi connectivity index (χ4v) is 1.90. The lowest BCUT2D eigenvalue weighted by molar-refractivity contribution is 0.175. The number of aliphatic hydroxyl groups is 1. The lowest BCUT2D eigenvalue weighted by Crippen LogP contribution is -2.14. The highest BCUT2D eigenvalue weighted by atomic mass is 19.1. The first-order valence-corrected chi connectivity index (χ1v) is 5.80. The fourth-order valence-electron chi connectivity index (χ4n) is 1.90. The van der Waals surface area contributed by atoms with Gasteiger partial charge in [0, 0.05) is 0 Å². The maximum atomic E-state index is 13.0. The van der Waals surface area contributed by atoms with Gasteiger partial charge in [-0.2, -0.15) is 0 Å². The third kappa shape index (κ3) is 3.64. The van der Waals surface area contributed by atoms with Gasteiger partial charge in [0.25, 0.3) is 0 Å². The lowest BCUT2D eigenvalue weighted by Gasteiger charge is -2.10. The summed E-state index contributed by atoms with van der Waals surface area (Å²) in [6, 6.07) is 12.2. The maximum Gasteiger partial charge on any atom is 0.123 e. The number of hydrogen-bond donors (Lipinski definition) is 1. The molecule has 1 atom stereocenters. The number of hydrogen-bond acceptors (Lipinski definition) is 1. The van der Waals surface area contributed by atoms with Crippen molar-refractivity contribution in [2.75, 3.05) is 0 Å². The highest BCUT2D eigenvalue weighted by Gasteiger charge is 2.07. The number of benzene rings is 2. The summed E-state index contributed by atoms with van der Waals surface area (Å²) in [6.45, 7) is 0. The van der Waals surface area contributed by atoms with Gasteiger partial charge in [0.15, 0.2) is 0 Å². The molecule has 0 saturated heterocycles. The predicted octanol–water partition coefficient (Wildman–Crippen LogP) is 3.11. The van der Waals surface area contributed by atoms with Gasteiger partial charge in [0.2, 0.25) is 0 Å². The van der Waals surface area contributed by atoms with Gasteiger partial charge in [-0.25, -0.2) is 8.78 Å². The van der Waals surface area contributed by atoms with E-state index in [0.29, 0.717) is 12.8 Å². The molecule has 0 bridgehead atoms. The van der Waals surface area contributed by atoms with Crippen molar-refractivity contribution >= 4 is 0 Å². The number of rotatable bonds is 4. The van der Waals surface area contributed by atoms with E-state index in [4.69, 9.17) is 0 Å². The SMILES string of the molecule is OC(Cc1ccc(F)cc1)Cc1cccc(F)c1. The van der Waals surface area contributed by atoms with E-state index < -0.39 is 6.10 Å². The van der Waals surface area contributed by atoms with Crippen LogP contribution in [0.25, 0.3) is 0 Å². The Balaban J connectivity index is 1.96. The molecule has 1 nitrogen and oxygen atoms in total. The van der Waals surface area contributed by atoms with Crippen molar-refractivity contribution in [2.45, 2.75) is 18.9 Å². The van der Waals surface area contributed by atoms with Gasteiger partial charge in [-0.1, -0.05) is 24.3 Å². The number of aliphatic hydroxyl groups excluding tert-OH is 1. The highest BCUT2D eigenvalue weighted by molar-refractivity contribution is 5.20. The minimum absolute atomic E-state index is 0.293. The molecule has 94 valence electrons. The molecule has 0 saturated carbocycles. The molecule has 0 aliphatic heterocycles. The molecule has 1 unspecified atom stereocenters. The van der Waals surface area contributed by atoms with Crippen molar-refractivity contribution in [3.63, 3.8) is 0 Å². The van der Waals surface area contributed by atoms with Crippen molar-refractivity contribution in [3.05, 3.63) is 71.3 Å². The van der Waals surface area contributed by atoms with Gasteiger partial charge in [0.05, 0.1) is 6.10 Å². The minimum Gasteiger partial charge on any atom is -0.392 e. The first-order valence-electron chi connectivity index (χ1n) is 5.80. The topological polar surface area (TPSA) is 20.2 Å². The number of halogens is 2. The molecule has 0 spiro atoms. The normalized spacial score (nSPS) is 12.4. The Bertz CT molecular complexity index is 508. The largest absolute Gasteiger partial charge is 0.392 e. The van der Waals surface area contributed by atoms with Gasteiger partial charge in [-0.15, -0.1) is 0 Å². The van der Waals surface area contributed by atoms with Crippen molar-refractivity contribution < 1.29 is 13.9 Å². The Morgan fingerprint density at radius 3 is 2.17 bits per heavy atom. The summed E-state index contributed by atoms with van der Waals surface area (Å²) in [4.78, 5) is 0. The summed E-state index contributed by atoms with van der Waals surface area (Å²) >= 11 is 0. The van der Waals surface area contributed by atoms with Crippen molar-refractivity contribution in [3.8, 4) is 0 Å². The molecular formula is C15H14F2O. The molecule has 0 amide bonds. The zero-order valence-corrected chi connectivity index (χ0v) is 9.81. The van der Waals surface area contributed by atoms with Crippen LogP contribution in [0.4, 0.5) is 8.78 Å². The van der Waals surface area contributed by atoms with Crippen LogP contribution in [-0.2, 0) is 12.8 Å². The maximum absolute atomic E-state index is 13.0. The molecule has 0 heterocycles. The molecule has 2 rings (SSSR count). The van der Waals surface area contributed by atoms with Crippen molar-refractivity contribution in [1.29, 1.82) is 0 Å². The first-order chi connectivity index (χ1) is 8.63. The fraction of sp³-hybridized carbons (Fsp3) is 0.200. The quantitative estimate of drug-likeness (QED) is 0.881. The Hall–Kier alpha value is -1.74. The van der Waals surface area contributed by atoms with E-state index in [1.807, 2.05) is 0 Å². The van der Waals surface area contributed by atoms with E-state index in [9.17, 15) is 13.9 Å². The Kier molecular flexibility index (Phi) is 4.05. The van der Waals surface area contributed by atoms with Gasteiger partial charge < -0.3 is 5.11 Å². The van der Waals surface area contributed by atoms with Gasteiger partial charge in [0.1, 0.15) is 11.6 Å². The van der Waals surface area contributed by atoms with E-state index >= 15 is 0 Å². The molecule has 3 heteroatoms. The van der Waals surface area contributed by atoms with Crippen LogP contribution in [0.1, 0.15) is 11.1 Å². The van der Waals surface area contributed by atoms with Crippen LogP contribution < -0.4 is 0 Å². The molecule has 0 aromatic heterocycles. The van der Waals surface area contributed by atoms with Crippen LogP contribution in [0.3, 0.4) is 0 Å². The molecule has 1 N–H and O–H groups in total. The predicted molar refractivity (Wildman–Crippen MR) is 66.2 cm³/mol. The summed E-state index contributed by atoms with van der Waals surface area (Å²) in [5.74, 6) is -0.597. The molecule has 0 aliphatic carbocycles. The van der Waals surface area contributed by atoms with Crippen LogP contribution >= 0.6 is 0 Å². The zero-order valence-electron chi connectivity index (χ0n) is 9.81. The standard InChI is InChI=1S/C15H14F2O/c16-13-6-4-11(5-7-13)9-15(18)10-12-2-1-3-14(17)8-12/h1-8,15,18H,9-10H2. The summed E-state index contributed by atoms with van der Waals surface area (Å²) in [5, 5.41) is 9.90. The Labute approximate surface area is 105 Å². The zero-order chi connectivity index (χ0) is 13.0. The van der Waals surface area contributed by atoms with Crippen molar-refractivity contribution in [2.24, 2.45) is 0 Å². The second-order valence-electron chi connectivity index (χ2n) is 4.32. The smallest absolute Gasteiger partial charge is 0.123 e. The van der Waals surface area contributed by atoms with E-state index in [0.717, 1.165) is 11.1 Å². The third-order valence-corrected chi connectivity index (χ3v) is 2.74. The van der Waals surface area contributed by atoms with E-state index in [1.165, 1.54) is 24.3 Å². The molecule has 2 aromatic rings. The summed E-state index contributed by atoms with van der Waals surface area (Å²) < 4.78 is 25.7. The molecule has 0 radical (unpaired) electrons. The van der Waals surface area contributed by atoms with Crippen LogP contribution in [0.2, 0.25) is 0 Å². The summed E-state index contributed by atoms with van der Waals surface area (Å²) in [5.41, 5.74) is 1.62. The van der Waals surface area contributed by atoms with Gasteiger partial charge >= 0.3 is 0 Å². The third-order valence-electron chi connectivity index (χ3n) is 2.74. The van der Waals surface area contributed by atoms with Crippen LogP contribution in [0.5, 0.6) is 0 Å². The average molecular weight is 248 g/mol. The van der Waals surface area contributed by atoms with Gasteiger partial charge in [-0.05, 0) is 48.2 Å². The van der Waals surface area contributed by atoms with E-state index in [-0.39, 0.29) is 11.6 Å². The van der Waals surface area contributed by atoms with E-state index in [2.05, 4.69) is 0 Å². The average Bonchev–Trinajstić information content (AvgIpc) is 2.32. The minimum atomic E-state index is -0.600. The summed E-state index contributed by atoms with van der Waals surface area (Å²) in [6.07, 6.45) is 0.212. The molecule has 0 fully saturated rings. The monoisotopic (exact) mass is 248 g/mol. The Morgan fingerprint density at radius 1 is 0.833 bits per heavy atom. The molecule has 18 heavy (non-hydrogen) atoms. The molecule has 0 aliphatic rings. The highest BCUT2D eigenvalue weighted by Crippen LogP contribution is 2.11. The van der Waals surface area contributed by atoms with Crippen LogP contribution in [0, 0.1) is 11.6 Å². The summed E-state index contributed by atoms with van der Waals surface area (Å²) in [7, 11) is 0. The Morgan fingerprint density at radius 2 is 1.50 bits per heavy atom. The van der Waals surface area contributed by atoms with Gasteiger partial charge in [-0.3, -0.25) is 0 Å². The second kappa shape index (κ2) is 5.74. The molecule has 2 aromatic carbocycles.